The van der Waals surface area contributed by atoms with Gasteiger partial charge in [-0.25, -0.2) is 13.2 Å². The Morgan fingerprint density at radius 3 is 2.35 bits per heavy atom. The van der Waals surface area contributed by atoms with Crippen molar-refractivity contribution in [2.45, 2.75) is 44.6 Å². The molecule has 1 saturated carbocycles. The second-order valence-corrected chi connectivity index (χ2v) is 8.77. The molecular weight excluding hydrogens is 356 g/mol. The van der Waals surface area contributed by atoms with Crippen LogP contribution < -0.4 is 9.62 Å². The van der Waals surface area contributed by atoms with Gasteiger partial charge in [-0.05, 0) is 50.5 Å². The molecule has 142 valence electrons. The molecule has 1 saturated heterocycles. The zero-order valence-electron chi connectivity index (χ0n) is 14.9. The molecule has 1 aromatic rings. The second kappa shape index (κ2) is 7.26. The number of nitrogens with zero attached hydrogens (tertiary/aromatic N) is 1. The molecule has 8 heteroatoms. The number of benzene rings is 1. The van der Waals surface area contributed by atoms with Gasteiger partial charge in [0.25, 0.3) is 5.91 Å². The van der Waals surface area contributed by atoms with Crippen LogP contribution >= 0.6 is 0 Å². The van der Waals surface area contributed by atoms with Crippen molar-refractivity contribution < 1.29 is 22.7 Å². The topological polar surface area (TPSA) is 92.8 Å². The molecule has 2 aliphatic rings. The highest BCUT2D eigenvalue weighted by Gasteiger charge is 2.44. The first-order valence-electron chi connectivity index (χ1n) is 8.98. The van der Waals surface area contributed by atoms with E-state index in [1.807, 2.05) is 0 Å². The number of sulfonamides is 1. The summed E-state index contributed by atoms with van der Waals surface area (Å²) in [6.45, 7) is 2.48. The van der Waals surface area contributed by atoms with Crippen molar-refractivity contribution >= 4 is 27.6 Å². The summed E-state index contributed by atoms with van der Waals surface area (Å²) in [5.74, 6) is -0.585. The van der Waals surface area contributed by atoms with Crippen LogP contribution in [-0.4, -0.2) is 44.7 Å². The van der Waals surface area contributed by atoms with E-state index in [-0.39, 0.29) is 24.2 Å². The fourth-order valence-electron chi connectivity index (χ4n) is 3.63. The summed E-state index contributed by atoms with van der Waals surface area (Å²) >= 11 is 0. The van der Waals surface area contributed by atoms with E-state index in [4.69, 9.17) is 4.74 Å². The molecule has 0 spiro atoms. The molecule has 0 unspecified atom stereocenters. The Kier molecular flexibility index (Phi) is 5.22. The second-order valence-electron chi connectivity index (χ2n) is 6.75. The minimum absolute atomic E-state index is 0.150. The third kappa shape index (κ3) is 3.56. The maximum atomic E-state index is 12.6. The number of hydrogen-bond acceptors (Lipinski definition) is 5. The van der Waals surface area contributed by atoms with E-state index in [2.05, 4.69) is 5.32 Å². The normalized spacial score (nSPS) is 20.7. The molecule has 1 aliphatic heterocycles. The molecule has 1 aliphatic carbocycles. The zero-order chi connectivity index (χ0) is 18.8. The van der Waals surface area contributed by atoms with Crippen LogP contribution in [0.2, 0.25) is 0 Å². The highest BCUT2D eigenvalue weighted by Crippen LogP contribution is 2.31. The lowest BCUT2D eigenvalue weighted by Gasteiger charge is -2.27. The lowest BCUT2D eigenvalue weighted by molar-refractivity contribution is -0.150. The van der Waals surface area contributed by atoms with Crippen molar-refractivity contribution in [2.75, 3.05) is 23.2 Å². The molecule has 2 fully saturated rings. The van der Waals surface area contributed by atoms with Crippen LogP contribution in [0.4, 0.5) is 5.69 Å². The number of hydrogen-bond donors (Lipinski definition) is 1. The molecular formula is C18H24N2O5S. The summed E-state index contributed by atoms with van der Waals surface area (Å²) in [4.78, 5) is 24.9. The monoisotopic (exact) mass is 380 g/mol. The molecule has 3 rings (SSSR count). The van der Waals surface area contributed by atoms with Gasteiger partial charge in [0.2, 0.25) is 10.0 Å². The Bertz CT molecular complexity index is 782. The van der Waals surface area contributed by atoms with Crippen molar-refractivity contribution in [2.24, 2.45) is 0 Å². The summed E-state index contributed by atoms with van der Waals surface area (Å²) in [7, 11) is -3.25. The number of carbonyl (C=O) groups excluding carboxylic acids is 2. The van der Waals surface area contributed by atoms with Crippen molar-refractivity contribution in [3.05, 3.63) is 29.8 Å². The van der Waals surface area contributed by atoms with Crippen molar-refractivity contribution in [3.63, 3.8) is 0 Å². The van der Waals surface area contributed by atoms with Gasteiger partial charge in [0.05, 0.1) is 18.0 Å². The van der Waals surface area contributed by atoms with E-state index < -0.39 is 15.6 Å². The molecule has 0 aromatic heterocycles. The average molecular weight is 380 g/mol. The van der Waals surface area contributed by atoms with Crippen LogP contribution in [0.5, 0.6) is 0 Å². The Labute approximate surface area is 153 Å². The van der Waals surface area contributed by atoms with Gasteiger partial charge >= 0.3 is 5.97 Å². The number of rotatable bonds is 5. The SMILES string of the molecule is CCOC(=O)C1(NC(=O)c2ccc(N3CCCS3(=O)=O)cc2)CCCC1. The third-order valence-electron chi connectivity index (χ3n) is 4.99. The highest BCUT2D eigenvalue weighted by atomic mass is 32.2. The molecule has 0 radical (unpaired) electrons. The standard InChI is InChI=1S/C18H24N2O5S/c1-2-25-17(22)18(10-3-4-11-18)19-16(21)14-6-8-15(9-7-14)20-12-5-13-26(20,23)24/h6-9H,2-5,10-13H2,1H3,(H,19,21). The van der Waals surface area contributed by atoms with Crippen LogP contribution in [0.3, 0.4) is 0 Å². The van der Waals surface area contributed by atoms with Gasteiger partial charge in [-0.1, -0.05) is 12.8 Å². The minimum atomic E-state index is -3.25. The summed E-state index contributed by atoms with van der Waals surface area (Å²) in [6, 6.07) is 6.44. The number of esters is 1. The molecule has 7 nitrogen and oxygen atoms in total. The smallest absolute Gasteiger partial charge is 0.331 e. The summed E-state index contributed by atoms with van der Waals surface area (Å²) in [5, 5.41) is 2.85. The molecule has 1 N–H and O–H groups in total. The van der Waals surface area contributed by atoms with Crippen molar-refractivity contribution in [3.8, 4) is 0 Å². The highest BCUT2D eigenvalue weighted by molar-refractivity contribution is 7.93. The van der Waals surface area contributed by atoms with Gasteiger partial charge in [0, 0.05) is 12.1 Å². The van der Waals surface area contributed by atoms with Gasteiger partial charge in [-0.3, -0.25) is 9.10 Å². The maximum absolute atomic E-state index is 12.6. The van der Waals surface area contributed by atoms with Crippen LogP contribution in [0.15, 0.2) is 24.3 Å². The van der Waals surface area contributed by atoms with Gasteiger partial charge in [-0.2, -0.15) is 0 Å². The number of amides is 1. The summed E-state index contributed by atoms with van der Waals surface area (Å²) in [6.07, 6.45) is 3.48. The fraction of sp³-hybridized carbons (Fsp3) is 0.556. The molecule has 1 heterocycles. The summed E-state index contributed by atoms with van der Waals surface area (Å²) < 4.78 is 30.5. The van der Waals surface area contributed by atoms with Crippen LogP contribution in [0, 0.1) is 0 Å². The lowest BCUT2D eigenvalue weighted by Crippen LogP contribution is -2.53. The van der Waals surface area contributed by atoms with Crippen LogP contribution in [-0.2, 0) is 19.6 Å². The predicted molar refractivity (Wildman–Crippen MR) is 97.5 cm³/mol. The van der Waals surface area contributed by atoms with Gasteiger partial charge in [0.15, 0.2) is 0 Å². The van der Waals surface area contributed by atoms with E-state index in [9.17, 15) is 18.0 Å². The first kappa shape index (κ1) is 18.7. The van der Waals surface area contributed by atoms with Gasteiger partial charge in [0.1, 0.15) is 5.54 Å². The van der Waals surface area contributed by atoms with E-state index in [1.165, 1.54) is 4.31 Å². The van der Waals surface area contributed by atoms with E-state index in [0.717, 1.165) is 12.8 Å². The molecule has 0 atom stereocenters. The number of anilines is 1. The largest absolute Gasteiger partial charge is 0.464 e. The first-order valence-corrected chi connectivity index (χ1v) is 10.6. The Hall–Kier alpha value is -2.09. The number of carbonyl (C=O) groups is 2. The van der Waals surface area contributed by atoms with Gasteiger partial charge < -0.3 is 10.1 Å². The molecule has 26 heavy (non-hydrogen) atoms. The predicted octanol–water partition coefficient (Wildman–Crippen LogP) is 1.83. The maximum Gasteiger partial charge on any atom is 0.331 e. The van der Waals surface area contributed by atoms with Crippen molar-refractivity contribution in [1.82, 2.24) is 5.32 Å². The third-order valence-corrected chi connectivity index (χ3v) is 6.86. The summed E-state index contributed by atoms with van der Waals surface area (Å²) in [5.41, 5.74) is -0.00899. The fourth-order valence-corrected chi connectivity index (χ4v) is 5.19. The van der Waals surface area contributed by atoms with Crippen molar-refractivity contribution in [1.29, 1.82) is 0 Å². The Balaban J connectivity index is 1.74. The Morgan fingerprint density at radius 1 is 1.15 bits per heavy atom. The van der Waals surface area contributed by atoms with Gasteiger partial charge in [-0.15, -0.1) is 0 Å². The lowest BCUT2D eigenvalue weighted by atomic mass is 9.97. The minimum Gasteiger partial charge on any atom is -0.464 e. The van der Waals surface area contributed by atoms with E-state index in [1.54, 1.807) is 31.2 Å². The number of ether oxygens (including phenoxy) is 1. The average Bonchev–Trinajstić information content (AvgIpc) is 3.22. The van der Waals surface area contributed by atoms with Crippen LogP contribution in [0.1, 0.15) is 49.4 Å². The van der Waals surface area contributed by atoms with Crippen LogP contribution in [0.25, 0.3) is 0 Å². The molecule has 0 bridgehead atoms. The quantitative estimate of drug-likeness (QED) is 0.787. The Morgan fingerprint density at radius 2 is 1.81 bits per heavy atom. The number of nitrogens with one attached hydrogen (secondary N) is 1. The first-order chi connectivity index (χ1) is 12.4. The zero-order valence-corrected chi connectivity index (χ0v) is 15.7. The van der Waals surface area contributed by atoms with E-state index >= 15 is 0 Å². The molecule has 1 aromatic carbocycles. The van der Waals surface area contributed by atoms with E-state index in [0.29, 0.717) is 37.1 Å². The molecule has 1 amide bonds.